The van der Waals surface area contributed by atoms with Crippen molar-refractivity contribution in [3.05, 3.63) is 0 Å². The predicted molar refractivity (Wildman–Crippen MR) is 55.9 cm³/mol. The minimum atomic E-state index is 0.496. The van der Waals surface area contributed by atoms with Gasteiger partial charge in [0.1, 0.15) is 0 Å². The van der Waals surface area contributed by atoms with Gasteiger partial charge in [0.2, 0.25) is 0 Å². The molecular formula is C11H23NO. The molecule has 78 valence electrons. The first-order valence-corrected chi connectivity index (χ1v) is 5.49. The average molecular weight is 185 g/mol. The van der Waals surface area contributed by atoms with E-state index in [4.69, 9.17) is 4.74 Å². The topological polar surface area (TPSA) is 21.3 Å². The van der Waals surface area contributed by atoms with Gasteiger partial charge in [0.25, 0.3) is 0 Å². The molecule has 0 aromatic rings. The van der Waals surface area contributed by atoms with Gasteiger partial charge < -0.3 is 10.1 Å². The van der Waals surface area contributed by atoms with Gasteiger partial charge in [-0.25, -0.2) is 0 Å². The van der Waals surface area contributed by atoms with Gasteiger partial charge in [0, 0.05) is 19.2 Å². The molecule has 1 fully saturated rings. The fourth-order valence-corrected chi connectivity index (χ4v) is 2.23. The smallest absolute Gasteiger partial charge is 0.0613 e. The number of ether oxygens (including phenoxy) is 1. The second-order valence-corrected chi connectivity index (χ2v) is 4.39. The van der Waals surface area contributed by atoms with Crippen LogP contribution in [0.3, 0.4) is 0 Å². The molecule has 0 spiro atoms. The van der Waals surface area contributed by atoms with E-state index in [9.17, 15) is 0 Å². The summed E-state index contributed by atoms with van der Waals surface area (Å²) in [6.07, 6.45) is 5.53. The van der Waals surface area contributed by atoms with E-state index in [1.807, 2.05) is 0 Å². The van der Waals surface area contributed by atoms with Gasteiger partial charge in [-0.05, 0) is 25.7 Å². The summed E-state index contributed by atoms with van der Waals surface area (Å²) in [4.78, 5) is 0. The second kappa shape index (κ2) is 5.61. The van der Waals surface area contributed by atoms with Crippen molar-refractivity contribution in [2.75, 3.05) is 13.7 Å². The third-order valence-corrected chi connectivity index (χ3v) is 3.03. The maximum Gasteiger partial charge on any atom is 0.0613 e. The molecule has 0 saturated heterocycles. The van der Waals surface area contributed by atoms with Crippen LogP contribution in [0.5, 0.6) is 0 Å². The second-order valence-electron chi connectivity index (χ2n) is 4.39. The summed E-state index contributed by atoms with van der Waals surface area (Å²) < 4.78 is 5.12. The lowest BCUT2D eigenvalue weighted by atomic mass is 9.85. The first-order valence-electron chi connectivity index (χ1n) is 5.49. The number of nitrogens with one attached hydrogen (secondary N) is 1. The molecule has 0 aliphatic heterocycles. The third kappa shape index (κ3) is 3.65. The van der Waals surface area contributed by atoms with Crippen molar-refractivity contribution in [1.29, 1.82) is 0 Å². The minimum absolute atomic E-state index is 0.496. The molecule has 1 aliphatic carbocycles. The van der Waals surface area contributed by atoms with Crippen LogP contribution in [0.1, 0.15) is 39.5 Å². The maximum absolute atomic E-state index is 5.12. The highest BCUT2D eigenvalue weighted by molar-refractivity contribution is 4.80. The molecule has 2 heteroatoms. The summed E-state index contributed by atoms with van der Waals surface area (Å²) in [5.74, 6) is 0.841. The highest BCUT2D eigenvalue weighted by Crippen LogP contribution is 2.23. The lowest BCUT2D eigenvalue weighted by Crippen LogP contribution is -2.44. The Labute approximate surface area is 82.0 Å². The van der Waals surface area contributed by atoms with Gasteiger partial charge >= 0.3 is 0 Å². The monoisotopic (exact) mass is 185 g/mol. The van der Waals surface area contributed by atoms with Crippen molar-refractivity contribution >= 4 is 0 Å². The Bertz CT molecular complexity index is 138. The van der Waals surface area contributed by atoms with Crippen LogP contribution >= 0.6 is 0 Å². The van der Waals surface area contributed by atoms with E-state index < -0.39 is 0 Å². The summed E-state index contributed by atoms with van der Waals surface area (Å²) in [7, 11) is 1.77. The summed E-state index contributed by atoms with van der Waals surface area (Å²) >= 11 is 0. The molecular weight excluding hydrogens is 162 g/mol. The Kier molecular flexibility index (Phi) is 4.74. The van der Waals surface area contributed by atoms with E-state index in [0.29, 0.717) is 6.04 Å². The lowest BCUT2D eigenvalue weighted by Gasteiger charge is -2.32. The molecule has 1 saturated carbocycles. The summed E-state index contributed by atoms with van der Waals surface area (Å²) in [6, 6.07) is 1.22. The number of hydrogen-bond acceptors (Lipinski definition) is 2. The molecule has 3 unspecified atom stereocenters. The standard InChI is InChI=1S/C11H23NO/c1-9-6-4-5-7-11(9)12-10(2)8-13-3/h9-12H,4-8H2,1-3H3. The van der Waals surface area contributed by atoms with Crippen molar-refractivity contribution in [3.8, 4) is 0 Å². The molecule has 1 aliphatic rings. The van der Waals surface area contributed by atoms with Gasteiger partial charge in [-0.15, -0.1) is 0 Å². The van der Waals surface area contributed by atoms with Gasteiger partial charge in [-0.2, -0.15) is 0 Å². The molecule has 0 heterocycles. The van der Waals surface area contributed by atoms with Crippen molar-refractivity contribution in [1.82, 2.24) is 5.32 Å². The molecule has 0 aromatic heterocycles. The van der Waals surface area contributed by atoms with Crippen LogP contribution in [0.4, 0.5) is 0 Å². The normalized spacial score (nSPS) is 31.6. The predicted octanol–water partition coefficient (Wildman–Crippen LogP) is 2.19. The minimum Gasteiger partial charge on any atom is -0.383 e. The molecule has 0 aromatic carbocycles. The fourth-order valence-electron chi connectivity index (χ4n) is 2.23. The zero-order valence-electron chi connectivity index (χ0n) is 9.18. The number of methoxy groups -OCH3 is 1. The van der Waals surface area contributed by atoms with Crippen LogP contribution in [0.2, 0.25) is 0 Å². The van der Waals surface area contributed by atoms with Gasteiger partial charge in [0.15, 0.2) is 0 Å². The van der Waals surface area contributed by atoms with Gasteiger partial charge in [0.05, 0.1) is 6.61 Å². The van der Waals surface area contributed by atoms with E-state index in [2.05, 4.69) is 19.2 Å². The van der Waals surface area contributed by atoms with Gasteiger partial charge in [-0.1, -0.05) is 19.8 Å². The zero-order chi connectivity index (χ0) is 9.68. The van der Waals surface area contributed by atoms with E-state index >= 15 is 0 Å². The molecule has 13 heavy (non-hydrogen) atoms. The van der Waals surface area contributed by atoms with Crippen LogP contribution < -0.4 is 5.32 Å². The molecule has 1 N–H and O–H groups in total. The quantitative estimate of drug-likeness (QED) is 0.725. The highest BCUT2D eigenvalue weighted by Gasteiger charge is 2.21. The van der Waals surface area contributed by atoms with E-state index in [1.165, 1.54) is 25.7 Å². The lowest BCUT2D eigenvalue weighted by molar-refractivity contribution is 0.153. The molecule has 2 nitrogen and oxygen atoms in total. The molecule has 3 atom stereocenters. The third-order valence-electron chi connectivity index (χ3n) is 3.03. The van der Waals surface area contributed by atoms with Crippen molar-refractivity contribution < 1.29 is 4.74 Å². The SMILES string of the molecule is COCC(C)NC1CCCCC1C. The van der Waals surface area contributed by atoms with Crippen LogP contribution in [0.25, 0.3) is 0 Å². The van der Waals surface area contributed by atoms with E-state index in [-0.39, 0.29) is 0 Å². The van der Waals surface area contributed by atoms with Crippen LogP contribution in [0, 0.1) is 5.92 Å². The van der Waals surface area contributed by atoms with Crippen LogP contribution in [-0.2, 0) is 4.74 Å². The largest absolute Gasteiger partial charge is 0.383 e. The molecule has 0 amide bonds. The summed E-state index contributed by atoms with van der Waals surface area (Å²) in [5, 5.41) is 3.64. The number of hydrogen-bond donors (Lipinski definition) is 1. The van der Waals surface area contributed by atoms with E-state index in [0.717, 1.165) is 18.6 Å². The molecule has 1 rings (SSSR count). The zero-order valence-corrected chi connectivity index (χ0v) is 9.18. The maximum atomic E-state index is 5.12. The Hall–Kier alpha value is -0.0800. The Morgan fingerprint density at radius 2 is 2.08 bits per heavy atom. The number of rotatable bonds is 4. The summed E-state index contributed by atoms with van der Waals surface area (Å²) in [5.41, 5.74) is 0. The fraction of sp³-hybridized carbons (Fsp3) is 1.00. The Morgan fingerprint density at radius 3 is 2.69 bits per heavy atom. The summed E-state index contributed by atoms with van der Waals surface area (Å²) in [6.45, 7) is 5.38. The Balaban J connectivity index is 2.25. The van der Waals surface area contributed by atoms with Crippen LogP contribution in [0.15, 0.2) is 0 Å². The first-order chi connectivity index (χ1) is 6.24. The van der Waals surface area contributed by atoms with Crippen molar-refractivity contribution in [2.24, 2.45) is 5.92 Å². The van der Waals surface area contributed by atoms with Gasteiger partial charge in [-0.3, -0.25) is 0 Å². The first kappa shape index (κ1) is 11.0. The Morgan fingerprint density at radius 1 is 1.38 bits per heavy atom. The van der Waals surface area contributed by atoms with E-state index in [1.54, 1.807) is 7.11 Å². The van der Waals surface area contributed by atoms with Crippen LogP contribution in [-0.4, -0.2) is 25.8 Å². The molecule has 0 bridgehead atoms. The molecule has 0 radical (unpaired) electrons. The highest BCUT2D eigenvalue weighted by atomic mass is 16.5. The van der Waals surface area contributed by atoms with Crippen molar-refractivity contribution in [2.45, 2.75) is 51.6 Å². The van der Waals surface area contributed by atoms with Crippen molar-refractivity contribution in [3.63, 3.8) is 0 Å². The average Bonchev–Trinajstić information content (AvgIpc) is 2.09.